The van der Waals surface area contributed by atoms with Crippen LogP contribution in [-0.2, 0) is 54.2 Å². The summed E-state index contributed by atoms with van der Waals surface area (Å²) in [5.74, 6) is 0. The van der Waals surface area contributed by atoms with E-state index in [4.69, 9.17) is 5.41 Å². The van der Waals surface area contributed by atoms with Crippen molar-refractivity contribution >= 4 is 66.8 Å². The van der Waals surface area contributed by atoms with Crippen LogP contribution >= 0.6 is 24.0 Å². The molecule has 0 aliphatic rings. The molecule has 0 saturated carbocycles. The zero-order valence-corrected chi connectivity index (χ0v) is 30.9. The summed E-state index contributed by atoms with van der Waals surface area (Å²) in [4.78, 5) is 49.5. The van der Waals surface area contributed by atoms with Gasteiger partial charge in [0.05, 0.1) is 47.3 Å². The van der Waals surface area contributed by atoms with E-state index in [9.17, 15) is 27.6 Å². The Morgan fingerprint density at radius 3 is 1.61 bits per heavy atom. The first kappa shape index (κ1) is 44.2. The fourth-order valence-corrected chi connectivity index (χ4v) is 4.40. The Kier molecular flexibility index (Phi) is 19.3. The van der Waals surface area contributed by atoms with Gasteiger partial charge in [-0.2, -0.15) is 18.3 Å². The minimum Gasteiger partial charge on any atom is -0.753 e. The molecule has 0 unspecified atom stereocenters. The number of isothiocyanates is 1. The fourth-order valence-electron chi connectivity index (χ4n) is 3.98. The first-order chi connectivity index (χ1) is 25.6. The maximum atomic E-state index is 12.3. The molecule has 0 bridgehead atoms. The molecule has 0 fully saturated rings. The molecule has 0 saturated heterocycles. The maximum absolute atomic E-state index is 12.3. The minimum absolute atomic E-state index is 0. The Morgan fingerprint density at radius 2 is 1.17 bits per heavy atom. The molecule has 0 aliphatic heterocycles. The number of nitrogens with zero attached hydrogens (tertiary/aromatic N) is 7. The first-order valence-electron chi connectivity index (χ1n) is 14.5. The van der Waals surface area contributed by atoms with Crippen molar-refractivity contribution in [2.75, 3.05) is 6.26 Å². The number of rotatable bonds is 13. The van der Waals surface area contributed by atoms with E-state index < -0.39 is 11.9 Å². The summed E-state index contributed by atoms with van der Waals surface area (Å²) in [6.07, 6.45) is 10.7. The van der Waals surface area contributed by atoms with Crippen molar-refractivity contribution in [1.29, 1.82) is 0 Å². The van der Waals surface area contributed by atoms with Crippen molar-refractivity contribution in [1.82, 2.24) is 30.1 Å². The number of hydrogen-bond donors (Lipinski definition) is 0. The van der Waals surface area contributed by atoms with Crippen molar-refractivity contribution in [2.45, 2.75) is 11.1 Å². The third-order valence-corrected chi connectivity index (χ3v) is 6.91. The Labute approximate surface area is 328 Å². The summed E-state index contributed by atoms with van der Waals surface area (Å²) in [6, 6.07) is 14.9. The van der Waals surface area contributed by atoms with Gasteiger partial charge in [0, 0.05) is 23.5 Å². The molecule has 19 heteroatoms. The van der Waals surface area contributed by atoms with Crippen molar-refractivity contribution < 1.29 is 61.2 Å². The molecule has 5 rings (SSSR count). The average molecular weight is 861 g/mol. The summed E-state index contributed by atoms with van der Waals surface area (Å²) < 4.78 is 50.8. The monoisotopic (exact) mass is 861 g/mol. The number of thiocarbonyl (C=S) groups is 1. The molecule has 276 valence electrons. The summed E-state index contributed by atoms with van der Waals surface area (Å²) >= 11 is 5.18. The van der Waals surface area contributed by atoms with Gasteiger partial charge in [0.25, 0.3) is 19.4 Å². The van der Waals surface area contributed by atoms with Crippen molar-refractivity contribution in [3.63, 3.8) is 0 Å². The second-order valence-corrected chi connectivity index (χ2v) is 10.6. The number of halogens is 3. The molecule has 13 nitrogen and oxygen atoms in total. The number of aromatic nitrogens is 6. The molecule has 0 spiro atoms. The SMILES string of the molecule is CSc1ccnc(-c2cc(C(F)(F)F)n[n-]2)c1.O=CO/C=C/c1ccnc(-c2cc(/C=C/OC=O)cc(-c3cc(/C=C/OC=O)ccn3)n2)c1.[N-]=C=S.[Ru+2]. The summed E-state index contributed by atoms with van der Waals surface area (Å²) in [5, 5.41) is 15.1. The predicted molar refractivity (Wildman–Crippen MR) is 193 cm³/mol. The summed E-state index contributed by atoms with van der Waals surface area (Å²) in [7, 11) is 0. The van der Waals surface area contributed by atoms with Crippen molar-refractivity contribution in [2.24, 2.45) is 0 Å². The van der Waals surface area contributed by atoms with E-state index in [0.717, 1.165) is 22.1 Å². The molecule has 0 radical (unpaired) electrons. The molecule has 54 heavy (non-hydrogen) atoms. The Morgan fingerprint density at radius 1 is 0.722 bits per heavy atom. The van der Waals surface area contributed by atoms with Crippen LogP contribution in [0.5, 0.6) is 0 Å². The molecule has 0 aliphatic carbocycles. The van der Waals surface area contributed by atoms with Gasteiger partial charge in [0.1, 0.15) is 5.69 Å². The van der Waals surface area contributed by atoms with Crippen LogP contribution in [0.1, 0.15) is 22.4 Å². The number of hydrogen-bond acceptors (Lipinski definition) is 13. The van der Waals surface area contributed by atoms with Gasteiger partial charge in [0.2, 0.25) is 0 Å². The van der Waals surface area contributed by atoms with Crippen molar-refractivity contribution in [3.8, 4) is 34.2 Å². The van der Waals surface area contributed by atoms with Gasteiger partial charge in [-0.15, -0.1) is 11.8 Å². The maximum Gasteiger partial charge on any atom is 2.00 e. The van der Waals surface area contributed by atoms with Gasteiger partial charge in [-0.1, -0.05) is 17.9 Å². The van der Waals surface area contributed by atoms with E-state index in [0.29, 0.717) is 53.4 Å². The number of ether oxygens (including phenoxy) is 3. The van der Waals surface area contributed by atoms with Crippen LogP contribution in [0.3, 0.4) is 0 Å². The second-order valence-electron chi connectivity index (χ2n) is 9.51. The predicted octanol–water partition coefficient (Wildman–Crippen LogP) is 7.13. The van der Waals surface area contributed by atoms with Crippen LogP contribution in [0, 0.1) is 0 Å². The Bertz CT molecular complexity index is 2040. The summed E-state index contributed by atoms with van der Waals surface area (Å²) in [6.45, 7) is 0.965. The van der Waals surface area contributed by atoms with E-state index in [1.807, 2.05) is 6.26 Å². The number of carbonyl (C=O) groups excluding carboxylic acids is 3. The zero-order chi connectivity index (χ0) is 38.5. The van der Waals surface area contributed by atoms with Gasteiger partial charge in [-0.25, -0.2) is 4.98 Å². The molecule has 0 amide bonds. The van der Waals surface area contributed by atoms with Gasteiger partial charge >= 0.3 is 25.7 Å². The largest absolute Gasteiger partial charge is 2.00 e. The van der Waals surface area contributed by atoms with Gasteiger partial charge in [0.15, 0.2) is 0 Å². The minimum atomic E-state index is -4.47. The smallest absolute Gasteiger partial charge is 0.753 e. The van der Waals surface area contributed by atoms with E-state index in [1.54, 1.807) is 79.2 Å². The van der Waals surface area contributed by atoms with E-state index in [-0.39, 0.29) is 25.2 Å². The Hall–Kier alpha value is -6.00. The first-order valence-corrected chi connectivity index (χ1v) is 16.1. The van der Waals surface area contributed by atoms with E-state index in [1.165, 1.54) is 41.9 Å². The zero-order valence-electron chi connectivity index (χ0n) is 27.5. The van der Waals surface area contributed by atoms with Crippen molar-refractivity contribution in [3.05, 3.63) is 120 Å². The molecule has 5 aromatic rings. The number of carbonyl (C=O) groups is 3. The number of pyridine rings is 4. The quantitative estimate of drug-likeness (QED) is 0.0222. The molecular weight excluding hydrogens is 837 g/mol. The molecule has 5 aromatic heterocycles. The summed E-state index contributed by atoms with van der Waals surface area (Å²) in [5.41, 5.74) is 3.91. The molecule has 0 aromatic carbocycles. The van der Waals surface area contributed by atoms with E-state index in [2.05, 4.69) is 56.6 Å². The Balaban J connectivity index is 0.000000402. The second kappa shape index (κ2) is 23.5. The van der Waals surface area contributed by atoms with Crippen LogP contribution < -0.4 is 5.10 Å². The van der Waals surface area contributed by atoms with Crippen LogP contribution in [0.15, 0.2) is 96.9 Å². The van der Waals surface area contributed by atoms with Gasteiger partial charge in [-0.3, -0.25) is 29.3 Å². The standard InChI is InChI=1S/C24H17N3O6.C10H7F3N3S.CNS.Ru/c28-15-31-8-3-18-1-6-25-21(11-18)23-13-20(5-10-33-17-30)14-24(27-23)22-12-19(2-7-26-22)4-9-32-16-29;1-17-6-2-3-14-7(4-6)8-5-9(16-15-8)10(11,12)13;2-1-3;/h1-17H;2-5H,1H3;;/q;2*-1;+2/b8-3+,9-4+,10-5+;;;. The van der Waals surface area contributed by atoms with Gasteiger partial charge in [-0.05, 0) is 95.8 Å². The normalized spacial score (nSPS) is 10.6. The number of alkyl halides is 3. The topological polar surface area (TPSA) is 180 Å². The van der Waals surface area contributed by atoms with Crippen LogP contribution in [0.2, 0.25) is 0 Å². The van der Waals surface area contributed by atoms with Crippen LogP contribution in [0.4, 0.5) is 13.2 Å². The third kappa shape index (κ3) is 14.6. The third-order valence-electron chi connectivity index (χ3n) is 6.18. The van der Waals surface area contributed by atoms with Crippen LogP contribution in [-0.4, -0.2) is 55.9 Å². The fraction of sp³-hybridized carbons (Fsp3) is 0.0571. The molecular formula is C35H24F3N7O6RuS2. The average Bonchev–Trinajstić information content (AvgIpc) is 3.68. The van der Waals surface area contributed by atoms with E-state index >= 15 is 0 Å². The van der Waals surface area contributed by atoms with Gasteiger partial charge < -0.3 is 29.8 Å². The van der Waals surface area contributed by atoms with Crippen LogP contribution in [0.25, 0.3) is 57.8 Å². The molecule has 5 heterocycles. The molecule has 0 N–H and O–H groups in total. The number of thioether (sulfide) groups is 1. The molecule has 0 atom stereocenters.